The predicted octanol–water partition coefficient (Wildman–Crippen LogP) is -0.898. The Balaban J connectivity index is 1.77. The molecule has 1 saturated heterocycles. The van der Waals surface area contributed by atoms with Crippen LogP contribution in [-0.4, -0.2) is 73.0 Å². The number of aromatic nitrogens is 2. The molecule has 0 saturated carbocycles. The van der Waals surface area contributed by atoms with Gasteiger partial charge in [0.25, 0.3) is 0 Å². The highest BCUT2D eigenvalue weighted by Gasteiger charge is 2.20. The zero-order chi connectivity index (χ0) is 17.8. The van der Waals surface area contributed by atoms with Crippen LogP contribution in [-0.2, 0) is 4.79 Å². The van der Waals surface area contributed by atoms with Crippen molar-refractivity contribution in [2.24, 2.45) is 5.73 Å². The number of carbonyl (C=O) groups is 1. The summed E-state index contributed by atoms with van der Waals surface area (Å²) in [6, 6.07) is 0. The fraction of sp³-hybridized carbons (Fsp3) is 0.467. The van der Waals surface area contributed by atoms with E-state index in [4.69, 9.17) is 10.5 Å². The number of nitrogens with one attached hydrogen (secondary N) is 2. The van der Waals surface area contributed by atoms with Crippen LogP contribution in [0.3, 0.4) is 0 Å². The summed E-state index contributed by atoms with van der Waals surface area (Å²) >= 11 is 0. The Morgan fingerprint density at radius 2 is 2.20 bits per heavy atom. The van der Waals surface area contributed by atoms with Gasteiger partial charge in [0, 0.05) is 37.7 Å². The van der Waals surface area contributed by atoms with Crippen molar-refractivity contribution in [3.8, 4) is 5.88 Å². The maximum absolute atomic E-state index is 11.4. The number of anilines is 1. The Kier molecular flexibility index (Phi) is 5.51. The Morgan fingerprint density at radius 3 is 2.88 bits per heavy atom. The number of likely N-dealkylation sites (N-methyl/N-ethyl adjacent to an activating group) is 1. The fourth-order valence-corrected chi connectivity index (χ4v) is 3.97. The lowest BCUT2D eigenvalue weighted by molar-refractivity contribution is -0.118. The van der Waals surface area contributed by atoms with E-state index in [-0.39, 0.29) is 12.5 Å². The molecular formula is C15H23N7O2S. The molecule has 3 rings (SSSR count). The maximum Gasteiger partial charge on any atom is 0.238 e. The monoisotopic (exact) mass is 365 g/mol. The first-order chi connectivity index (χ1) is 12.1. The van der Waals surface area contributed by atoms with E-state index in [1.54, 1.807) is 19.5 Å². The van der Waals surface area contributed by atoms with E-state index in [0.717, 1.165) is 31.1 Å². The van der Waals surface area contributed by atoms with Crippen molar-refractivity contribution in [3.05, 3.63) is 18.1 Å². The number of hydrogen-bond acceptors (Lipinski definition) is 8. The van der Waals surface area contributed by atoms with E-state index in [9.17, 15) is 4.79 Å². The summed E-state index contributed by atoms with van der Waals surface area (Å²) in [7, 11) is 3.24. The van der Waals surface area contributed by atoms with Gasteiger partial charge >= 0.3 is 0 Å². The molecule has 4 N–H and O–H groups in total. The summed E-state index contributed by atoms with van der Waals surface area (Å²) in [4.78, 5) is 25.8. The Hall–Kier alpha value is -2.17. The van der Waals surface area contributed by atoms with Gasteiger partial charge in [0.05, 0.1) is 25.5 Å². The summed E-state index contributed by atoms with van der Waals surface area (Å²) in [5.41, 5.74) is 6.00. The molecule has 25 heavy (non-hydrogen) atoms. The van der Waals surface area contributed by atoms with Crippen molar-refractivity contribution in [1.29, 1.82) is 0 Å². The molecule has 136 valence electrons. The lowest BCUT2D eigenvalue weighted by Crippen LogP contribution is -2.45. The van der Waals surface area contributed by atoms with Gasteiger partial charge in [0.2, 0.25) is 17.7 Å². The van der Waals surface area contributed by atoms with Gasteiger partial charge in [-0.2, -0.15) is 4.98 Å². The van der Waals surface area contributed by atoms with Crippen LogP contribution in [0.5, 0.6) is 5.88 Å². The Morgan fingerprint density at radius 1 is 1.44 bits per heavy atom. The number of amides is 1. The average Bonchev–Trinajstić information content (AvgIpc) is 3.09. The first-order valence-electron chi connectivity index (χ1n) is 7.99. The van der Waals surface area contributed by atoms with E-state index in [2.05, 4.69) is 36.9 Å². The molecule has 10 heteroatoms. The molecule has 1 atom stereocenters. The first kappa shape index (κ1) is 17.6. The quantitative estimate of drug-likeness (QED) is 0.576. The molecule has 0 aliphatic carbocycles. The predicted molar refractivity (Wildman–Crippen MR) is 98.6 cm³/mol. The molecule has 1 fully saturated rings. The van der Waals surface area contributed by atoms with Gasteiger partial charge in [0.1, 0.15) is 4.90 Å². The topological polar surface area (TPSA) is 109 Å². The van der Waals surface area contributed by atoms with Crippen LogP contribution in [0.2, 0.25) is 0 Å². The van der Waals surface area contributed by atoms with Crippen LogP contribution >= 0.6 is 10.7 Å². The summed E-state index contributed by atoms with van der Waals surface area (Å²) in [6.45, 7) is 3.71. The maximum atomic E-state index is 11.4. The number of carbonyl (C=O) groups excluding carboxylic acids is 1. The van der Waals surface area contributed by atoms with Crippen LogP contribution < -0.4 is 25.4 Å². The second-order valence-electron chi connectivity index (χ2n) is 5.76. The van der Waals surface area contributed by atoms with Crippen LogP contribution in [0.15, 0.2) is 23.0 Å². The number of ether oxygens (including phenoxy) is 1. The van der Waals surface area contributed by atoms with Crippen molar-refractivity contribution in [1.82, 2.24) is 24.9 Å². The van der Waals surface area contributed by atoms with Crippen molar-refractivity contribution in [3.63, 3.8) is 0 Å². The third kappa shape index (κ3) is 4.09. The fourth-order valence-electron chi connectivity index (χ4n) is 2.53. The van der Waals surface area contributed by atoms with Crippen LogP contribution in [0.4, 0.5) is 5.95 Å². The number of hydrogen-bond donors (Lipinski definition) is 3. The molecule has 0 aromatic carbocycles. The van der Waals surface area contributed by atoms with Gasteiger partial charge < -0.3 is 30.3 Å². The average molecular weight is 365 g/mol. The van der Waals surface area contributed by atoms with E-state index in [0.29, 0.717) is 17.5 Å². The standard InChI is InChI=1S/C15H23N7O2S/c1-21-3-5-22(6-4-21)15-17-9-12(14(20-15)24-2)25-10-11(8-18-25)19-13(23)7-16/h8-10,18H,3-7,16H2,1-2H3,(H,19,23). The zero-order valence-electron chi connectivity index (χ0n) is 14.4. The van der Waals surface area contributed by atoms with Crippen molar-refractivity contribution in [2.45, 2.75) is 4.90 Å². The molecule has 1 amide bonds. The number of nitrogens with zero attached hydrogens (tertiary/aromatic N) is 4. The zero-order valence-corrected chi connectivity index (χ0v) is 15.2. The van der Waals surface area contributed by atoms with E-state index in [1.807, 2.05) is 5.37 Å². The van der Waals surface area contributed by atoms with Gasteiger partial charge in [0.15, 0.2) is 0 Å². The smallest absolute Gasteiger partial charge is 0.238 e. The highest BCUT2D eigenvalue weighted by Crippen LogP contribution is 2.33. The molecule has 3 heterocycles. The molecule has 1 aromatic rings. The van der Waals surface area contributed by atoms with E-state index >= 15 is 0 Å². The lowest BCUT2D eigenvalue weighted by atomic mass is 10.3. The second-order valence-corrected chi connectivity index (χ2v) is 7.35. The molecule has 1 unspecified atom stereocenters. The van der Waals surface area contributed by atoms with Crippen LogP contribution in [0.25, 0.3) is 0 Å². The van der Waals surface area contributed by atoms with Gasteiger partial charge in [-0.15, -0.1) is 0 Å². The highest BCUT2D eigenvalue weighted by molar-refractivity contribution is 8.14. The molecule has 0 radical (unpaired) electrons. The lowest BCUT2D eigenvalue weighted by Gasteiger charge is -2.32. The van der Waals surface area contributed by atoms with Gasteiger partial charge in [-0.25, -0.2) is 4.98 Å². The number of methoxy groups -OCH3 is 1. The minimum absolute atomic E-state index is 0.0505. The number of piperazine rings is 1. The van der Waals surface area contributed by atoms with Gasteiger partial charge in [-0.3, -0.25) is 4.79 Å². The number of allylic oxidation sites excluding steroid dienone is 1. The summed E-state index contributed by atoms with van der Waals surface area (Å²) in [5, 5.41) is 4.63. The normalized spacial score (nSPS) is 20.5. The highest BCUT2D eigenvalue weighted by atomic mass is 32.2. The summed E-state index contributed by atoms with van der Waals surface area (Å²) in [6.07, 6.45) is 3.53. The van der Waals surface area contributed by atoms with Crippen molar-refractivity contribution < 1.29 is 9.53 Å². The summed E-state index contributed by atoms with van der Waals surface area (Å²) in [5.74, 6) is 0.986. The van der Waals surface area contributed by atoms with E-state index in [1.165, 1.54) is 0 Å². The van der Waals surface area contributed by atoms with Crippen molar-refractivity contribution >= 4 is 27.9 Å². The van der Waals surface area contributed by atoms with Crippen molar-refractivity contribution in [2.75, 3.05) is 51.8 Å². The minimum atomic E-state index is -0.469. The molecular weight excluding hydrogens is 342 g/mol. The Bertz CT molecular complexity index is 714. The minimum Gasteiger partial charge on any atom is -0.480 e. The van der Waals surface area contributed by atoms with Gasteiger partial charge in [-0.1, -0.05) is 10.7 Å². The molecule has 0 bridgehead atoms. The third-order valence-corrected chi connectivity index (χ3v) is 5.60. The molecule has 2 aliphatic heterocycles. The van der Waals surface area contributed by atoms with Crippen LogP contribution in [0.1, 0.15) is 0 Å². The second kappa shape index (κ2) is 7.81. The number of rotatable bonds is 5. The van der Waals surface area contributed by atoms with Crippen LogP contribution in [0, 0.1) is 0 Å². The molecule has 0 spiro atoms. The SMILES string of the molecule is COc1nc(N2CCN(C)CC2)ncc1S1=CC(NC(=O)CN)=CN1. The molecule has 1 aromatic heterocycles. The first-order valence-corrected chi connectivity index (χ1v) is 9.28. The largest absolute Gasteiger partial charge is 0.480 e. The number of nitrogens with two attached hydrogens (primary N) is 1. The Labute approximate surface area is 149 Å². The molecule has 2 aliphatic rings. The molecule has 9 nitrogen and oxygen atoms in total. The van der Waals surface area contributed by atoms with E-state index < -0.39 is 10.7 Å². The van der Waals surface area contributed by atoms with Gasteiger partial charge in [-0.05, 0) is 7.05 Å². The third-order valence-electron chi connectivity index (χ3n) is 3.98. The summed E-state index contributed by atoms with van der Waals surface area (Å²) < 4.78 is 8.68.